The maximum Gasteiger partial charge on any atom is 0.328 e. The molecule has 5 rings (SSSR count). The third-order valence-corrected chi connectivity index (χ3v) is 5.89. The van der Waals surface area contributed by atoms with Crippen LogP contribution in [0.3, 0.4) is 0 Å². The molecule has 0 aliphatic carbocycles. The monoisotopic (exact) mass is 447 g/mol. The molecule has 168 valence electrons. The first-order chi connectivity index (χ1) is 15.9. The minimum atomic E-state index is -1.26. The number of nitrogens with zero attached hydrogens (tertiary/aromatic N) is 5. The van der Waals surface area contributed by atoms with Crippen LogP contribution in [0, 0.1) is 0 Å². The average Bonchev–Trinajstić information content (AvgIpc) is 3.37. The van der Waals surface area contributed by atoms with Crippen molar-refractivity contribution >= 4 is 35.3 Å². The topological polar surface area (TPSA) is 106 Å². The van der Waals surface area contributed by atoms with Crippen LogP contribution < -0.4 is 9.64 Å². The Morgan fingerprint density at radius 1 is 1.12 bits per heavy atom. The largest absolute Gasteiger partial charge is 0.497 e. The first kappa shape index (κ1) is 20.6. The SMILES string of the molecule is COc1cccc(N2C(c3ccccc3)=CN3C2=NC2C3C(=O)N(CC(=O)O)C(=O)N2C)c1. The molecule has 0 spiro atoms. The number of likely N-dealkylation sites (N-methyl/N-ethyl adjacent to an activating group) is 1. The number of anilines is 1. The van der Waals surface area contributed by atoms with E-state index in [-0.39, 0.29) is 0 Å². The Balaban J connectivity index is 1.62. The van der Waals surface area contributed by atoms with Gasteiger partial charge in [-0.25, -0.2) is 9.79 Å². The van der Waals surface area contributed by atoms with E-state index < -0.39 is 36.7 Å². The Morgan fingerprint density at radius 3 is 2.58 bits per heavy atom. The smallest absolute Gasteiger partial charge is 0.328 e. The van der Waals surface area contributed by atoms with E-state index in [9.17, 15) is 19.5 Å². The van der Waals surface area contributed by atoms with Gasteiger partial charge in [0.2, 0.25) is 5.96 Å². The summed E-state index contributed by atoms with van der Waals surface area (Å²) in [4.78, 5) is 47.7. The number of guanidine groups is 1. The summed E-state index contributed by atoms with van der Waals surface area (Å²) in [6, 6.07) is 15.6. The number of carbonyl (C=O) groups excluding carboxylic acids is 2. The van der Waals surface area contributed by atoms with Crippen molar-refractivity contribution in [1.82, 2.24) is 14.7 Å². The van der Waals surface area contributed by atoms with Gasteiger partial charge in [0, 0.05) is 24.9 Å². The number of carboxylic acid groups (broad SMARTS) is 1. The van der Waals surface area contributed by atoms with E-state index in [1.54, 1.807) is 12.0 Å². The zero-order chi connectivity index (χ0) is 23.3. The zero-order valence-corrected chi connectivity index (χ0v) is 18.0. The lowest BCUT2D eigenvalue weighted by molar-refractivity contribution is -0.146. The molecule has 0 bridgehead atoms. The predicted molar refractivity (Wildman–Crippen MR) is 119 cm³/mol. The number of ether oxygens (including phenoxy) is 1. The van der Waals surface area contributed by atoms with Gasteiger partial charge in [-0.15, -0.1) is 0 Å². The summed E-state index contributed by atoms with van der Waals surface area (Å²) >= 11 is 0. The normalized spacial score (nSPS) is 21.6. The molecular formula is C23H21N5O5. The summed E-state index contributed by atoms with van der Waals surface area (Å²) in [6.45, 7) is -0.705. The van der Waals surface area contributed by atoms with Gasteiger partial charge >= 0.3 is 12.0 Å². The standard InChI is InChI=1S/C23H21N5O5/c1-25-20-19(21(31)27(23(25)32)13-18(29)30)26-12-17(14-7-4-3-5-8-14)28(22(26)24-20)15-9-6-10-16(11-15)33-2/h3-12,19-20H,13H2,1-2H3,(H,29,30). The van der Waals surface area contributed by atoms with Crippen LogP contribution in [0.15, 0.2) is 65.8 Å². The van der Waals surface area contributed by atoms with Gasteiger partial charge in [-0.3, -0.25) is 24.3 Å². The second-order valence-electron chi connectivity index (χ2n) is 7.82. The molecule has 0 aromatic heterocycles. The van der Waals surface area contributed by atoms with E-state index in [0.29, 0.717) is 11.7 Å². The van der Waals surface area contributed by atoms with E-state index >= 15 is 0 Å². The number of aliphatic imine (C=N–C) groups is 1. The van der Waals surface area contributed by atoms with Gasteiger partial charge in [0.25, 0.3) is 5.91 Å². The van der Waals surface area contributed by atoms with Crippen LogP contribution in [-0.2, 0) is 9.59 Å². The highest BCUT2D eigenvalue weighted by Crippen LogP contribution is 2.40. The number of amides is 3. The highest BCUT2D eigenvalue weighted by Gasteiger charge is 2.55. The Hall–Kier alpha value is -4.34. The van der Waals surface area contributed by atoms with Crippen LogP contribution in [0.4, 0.5) is 10.5 Å². The summed E-state index contributed by atoms with van der Waals surface area (Å²) in [5.74, 6) is -0.726. The maximum atomic E-state index is 13.3. The van der Waals surface area contributed by atoms with Gasteiger partial charge in [0.1, 0.15) is 12.3 Å². The lowest BCUT2D eigenvalue weighted by Crippen LogP contribution is -2.64. The van der Waals surface area contributed by atoms with Crippen molar-refractivity contribution in [2.75, 3.05) is 25.6 Å². The number of benzene rings is 2. The number of aliphatic carboxylic acids is 1. The van der Waals surface area contributed by atoms with Gasteiger partial charge in [-0.2, -0.15) is 0 Å². The molecule has 1 fully saturated rings. The highest BCUT2D eigenvalue weighted by molar-refractivity contribution is 6.16. The van der Waals surface area contributed by atoms with Gasteiger partial charge < -0.3 is 14.7 Å². The van der Waals surface area contributed by atoms with Gasteiger partial charge in [0.05, 0.1) is 18.5 Å². The van der Waals surface area contributed by atoms with Crippen molar-refractivity contribution in [2.45, 2.75) is 12.2 Å². The van der Waals surface area contributed by atoms with Crippen LogP contribution in [-0.4, -0.2) is 76.6 Å². The van der Waals surface area contributed by atoms with Crippen LogP contribution >= 0.6 is 0 Å². The molecule has 1 N–H and O–H groups in total. The quantitative estimate of drug-likeness (QED) is 0.746. The molecule has 2 aromatic rings. The second-order valence-corrected chi connectivity index (χ2v) is 7.82. The molecule has 1 saturated heterocycles. The molecule has 10 heteroatoms. The molecule has 3 heterocycles. The molecule has 2 unspecified atom stereocenters. The van der Waals surface area contributed by atoms with Gasteiger partial charge in [-0.05, 0) is 12.1 Å². The second kappa shape index (κ2) is 7.66. The molecule has 0 saturated carbocycles. The zero-order valence-electron chi connectivity index (χ0n) is 18.0. The fraction of sp³-hybridized carbons (Fsp3) is 0.217. The van der Waals surface area contributed by atoms with Crippen LogP contribution in [0.1, 0.15) is 5.56 Å². The number of fused-ring (bicyclic) bond motifs is 3. The number of methoxy groups -OCH3 is 1. The number of carboxylic acids is 1. The Bertz CT molecular complexity index is 1210. The average molecular weight is 447 g/mol. The molecule has 2 atom stereocenters. The van der Waals surface area contributed by atoms with Crippen molar-refractivity contribution in [2.24, 2.45) is 4.99 Å². The third-order valence-electron chi connectivity index (χ3n) is 5.89. The minimum Gasteiger partial charge on any atom is -0.497 e. The van der Waals surface area contributed by atoms with E-state index in [1.165, 1.54) is 11.9 Å². The predicted octanol–water partition coefficient (Wildman–Crippen LogP) is 1.86. The lowest BCUT2D eigenvalue weighted by Gasteiger charge is -2.39. The van der Waals surface area contributed by atoms with Crippen LogP contribution in [0.2, 0.25) is 0 Å². The van der Waals surface area contributed by atoms with E-state index in [4.69, 9.17) is 9.73 Å². The fourth-order valence-corrected chi connectivity index (χ4v) is 4.33. The van der Waals surface area contributed by atoms with Crippen molar-refractivity contribution in [3.8, 4) is 5.75 Å². The molecule has 3 aliphatic rings. The number of urea groups is 1. The highest BCUT2D eigenvalue weighted by atomic mass is 16.5. The third kappa shape index (κ3) is 3.18. The number of hydrogen-bond acceptors (Lipinski definition) is 7. The molecule has 2 aromatic carbocycles. The molecule has 33 heavy (non-hydrogen) atoms. The van der Waals surface area contributed by atoms with E-state index in [0.717, 1.165) is 21.8 Å². The van der Waals surface area contributed by atoms with Crippen LogP contribution in [0.25, 0.3) is 5.70 Å². The fourth-order valence-electron chi connectivity index (χ4n) is 4.33. The van der Waals surface area contributed by atoms with E-state index in [1.807, 2.05) is 65.7 Å². The summed E-state index contributed by atoms with van der Waals surface area (Å²) in [6.07, 6.45) is 1.05. The Labute approximate surface area is 189 Å². The molecule has 0 radical (unpaired) electrons. The number of rotatable bonds is 5. The summed E-state index contributed by atoms with van der Waals surface area (Å²) in [5.41, 5.74) is 2.47. The number of hydrogen-bond donors (Lipinski definition) is 1. The van der Waals surface area contributed by atoms with Crippen molar-refractivity contribution in [3.63, 3.8) is 0 Å². The van der Waals surface area contributed by atoms with Gasteiger partial charge in [-0.1, -0.05) is 36.4 Å². The number of carbonyl (C=O) groups is 3. The first-order valence-corrected chi connectivity index (χ1v) is 10.3. The number of imide groups is 1. The molecule has 10 nitrogen and oxygen atoms in total. The summed E-state index contributed by atoms with van der Waals surface area (Å²) in [5, 5.41) is 9.21. The molecular weight excluding hydrogens is 426 g/mol. The van der Waals surface area contributed by atoms with E-state index in [2.05, 4.69) is 0 Å². The molecule has 3 aliphatic heterocycles. The summed E-state index contributed by atoms with van der Waals surface area (Å²) < 4.78 is 5.39. The summed E-state index contributed by atoms with van der Waals surface area (Å²) in [7, 11) is 3.10. The van der Waals surface area contributed by atoms with Gasteiger partial charge in [0.15, 0.2) is 12.2 Å². The Morgan fingerprint density at radius 2 is 1.88 bits per heavy atom. The molecule has 3 amide bonds. The lowest BCUT2D eigenvalue weighted by atomic mass is 10.1. The van der Waals surface area contributed by atoms with Crippen molar-refractivity contribution in [3.05, 3.63) is 66.4 Å². The van der Waals surface area contributed by atoms with Crippen molar-refractivity contribution in [1.29, 1.82) is 0 Å². The maximum absolute atomic E-state index is 13.3. The van der Waals surface area contributed by atoms with Crippen molar-refractivity contribution < 1.29 is 24.2 Å². The Kier molecular flexibility index (Phi) is 4.77. The van der Waals surface area contributed by atoms with Crippen LogP contribution in [0.5, 0.6) is 5.75 Å². The minimum absolute atomic E-state index is 0.474. The first-order valence-electron chi connectivity index (χ1n) is 10.3.